The molecule has 0 bridgehead atoms. The van der Waals surface area contributed by atoms with E-state index < -0.39 is 0 Å². The van der Waals surface area contributed by atoms with Gasteiger partial charge in [0.05, 0.1) is 7.11 Å². The Morgan fingerprint density at radius 2 is 2.08 bits per heavy atom. The lowest BCUT2D eigenvalue weighted by atomic mass is 10.0. The normalized spacial score (nSPS) is 17.6. The van der Waals surface area contributed by atoms with Crippen LogP contribution in [-0.2, 0) is 6.54 Å². The van der Waals surface area contributed by atoms with E-state index in [0.717, 1.165) is 30.2 Å². The molecule has 3 rings (SSSR count). The van der Waals surface area contributed by atoms with Gasteiger partial charge in [0.1, 0.15) is 17.8 Å². The number of hydrogen-bond donors (Lipinski definition) is 2. The van der Waals surface area contributed by atoms with Crippen LogP contribution in [0.1, 0.15) is 25.3 Å². The molecule has 2 heterocycles. The van der Waals surface area contributed by atoms with E-state index in [0.29, 0.717) is 24.0 Å². The van der Waals surface area contributed by atoms with Crippen molar-refractivity contribution in [1.82, 2.24) is 9.97 Å². The van der Waals surface area contributed by atoms with E-state index in [9.17, 15) is 0 Å². The number of nitrogen functional groups attached to an aromatic ring is 1. The predicted octanol–water partition coefficient (Wildman–Crippen LogP) is 2.92. The fraction of sp³-hybridized carbons (Fsp3) is 0.444. The highest BCUT2D eigenvalue weighted by Gasteiger charge is 2.20. The number of methoxy groups -OCH3 is 1. The van der Waals surface area contributed by atoms with Crippen molar-refractivity contribution in [1.29, 1.82) is 0 Å². The van der Waals surface area contributed by atoms with Crippen molar-refractivity contribution in [3.8, 4) is 5.75 Å². The topological polar surface area (TPSA) is 76.3 Å². The minimum atomic E-state index is 0.625. The quantitative estimate of drug-likeness (QED) is 0.879. The molecule has 0 radical (unpaired) electrons. The number of nitrogens with zero attached hydrogens (tertiary/aromatic N) is 3. The second-order valence-corrected chi connectivity index (χ2v) is 6.35. The van der Waals surface area contributed by atoms with Crippen molar-refractivity contribution in [2.24, 2.45) is 5.92 Å². The average molecular weight is 327 g/mol. The van der Waals surface area contributed by atoms with Gasteiger partial charge in [-0.15, -0.1) is 0 Å². The molecule has 1 atom stereocenters. The number of nitrogens with one attached hydrogen (secondary N) is 1. The second kappa shape index (κ2) is 7.38. The number of aromatic nitrogens is 2. The van der Waals surface area contributed by atoms with Crippen LogP contribution in [0.4, 0.5) is 17.3 Å². The molecule has 6 nitrogen and oxygen atoms in total. The summed E-state index contributed by atoms with van der Waals surface area (Å²) in [6, 6.07) is 7.94. The van der Waals surface area contributed by atoms with Crippen molar-refractivity contribution in [3.05, 3.63) is 36.2 Å². The fourth-order valence-electron chi connectivity index (χ4n) is 3.09. The molecular formula is C18H25N5O. The molecule has 128 valence electrons. The molecule has 1 aromatic heterocycles. The number of ether oxygens (including phenoxy) is 1. The van der Waals surface area contributed by atoms with Crippen LogP contribution >= 0.6 is 0 Å². The van der Waals surface area contributed by atoms with Crippen molar-refractivity contribution in [3.63, 3.8) is 0 Å². The zero-order valence-corrected chi connectivity index (χ0v) is 14.3. The van der Waals surface area contributed by atoms with Gasteiger partial charge in [-0.2, -0.15) is 0 Å². The monoisotopic (exact) mass is 327 g/mol. The largest absolute Gasteiger partial charge is 0.497 e. The summed E-state index contributed by atoms with van der Waals surface area (Å²) in [6.07, 6.45) is 4.03. The highest BCUT2D eigenvalue weighted by Crippen LogP contribution is 2.29. The van der Waals surface area contributed by atoms with Gasteiger partial charge in [-0.1, -0.05) is 19.1 Å². The Labute approximate surface area is 143 Å². The standard InChI is InChI=1S/C18H25N5O/c1-13-4-3-9-23(11-13)18-16(19)17(21-12-22-18)20-10-14-5-7-15(24-2)8-6-14/h5-8,12-13H,3-4,9-11,19H2,1-2H3,(H,20,21,22). The average Bonchev–Trinajstić information content (AvgIpc) is 2.61. The van der Waals surface area contributed by atoms with E-state index >= 15 is 0 Å². The van der Waals surface area contributed by atoms with Gasteiger partial charge < -0.3 is 20.7 Å². The van der Waals surface area contributed by atoms with Gasteiger partial charge in [-0.25, -0.2) is 9.97 Å². The van der Waals surface area contributed by atoms with Crippen LogP contribution in [-0.4, -0.2) is 30.2 Å². The Balaban J connectivity index is 1.70. The summed E-state index contributed by atoms with van der Waals surface area (Å²) in [6.45, 7) is 4.93. The fourth-order valence-corrected chi connectivity index (χ4v) is 3.09. The van der Waals surface area contributed by atoms with Crippen LogP contribution in [0.25, 0.3) is 0 Å². The van der Waals surface area contributed by atoms with Gasteiger partial charge in [0.15, 0.2) is 11.6 Å². The molecule has 1 fully saturated rings. The van der Waals surface area contributed by atoms with E-state index in [1.165, 1.54) is 12.8 Å². The maximum Gasteiger partial charge on any atom is 0.157 e. The first-order valence-electron chi connectivity index (χ1n) is 8.39. The molecule has 1 aliphatic heterocycles. The van der Waals surface area contributed by atoms with Crippen molar-refractivity contribution < 1.29 is 4.74 Å². The minimum absolute atomic E-state index is 0.625. The Kier molecular flexibility index (Phi) is 5.03. The zero-order chi connectivity index (χ0) is 16.9. The van der Waals surface area contributed by atoms with Gasteiger partial charge in [0.25, 0.3) is 0 Å². The summed E-state index contributed by atoms with van der Waals surface area (Å²) in [5, 5.41) is 3.31. The van der Waals surface area contributed by atoms with Crippen molar-refractivity contribution >= 4 is 17.3 Å². The SMILES string of the molecule is COc1ccc(CNc2ncnc(N3CCCC(C)C3)c2N)cc1. The third kappa shape index (κ3) is 3.69. The zero-order valence-electron chi connectivity index (χ0n) is 14.3. The summed E-state index contributed by atoms with van der Waals surface area (Å²) in [5.74, 6) is 3.05. The molecule has 0 spiro atoms. The van der Waals surface area contributed by atoms with Crippen LogP contribution < -0.4 is 20.7 Å². The first kappa shape index (κ1) is 16.4. The predicted molar refractivity (Wildman–Crippen MR) is 97.4 cm³/mol. The molecule has 1 aromatic carbocycles. The molecule has 1 saturated heterocycles. The first-order chi connectivity index (χ1) is 11.7. The number of anilines is 3. The lowest BCUT2D eigenvalue weighted by Crippen LogP contribution is -2.35. The molecule has 1 aliphatic rings. The highest BCUT2D eigenvalue weighted by atomic mass is 16.5. The van der Waals surface area contributed by atoms with Crippen LogP contribution in [0.15, 0.2) is 30.6 Å². The smallest absolute Gasteiger partial charge is 0.157 e. The minimum Gasteiger partial charge on any atom is -0.497 e. The molecule has 0 saturated carbocycles. The van der Waals surface area contributed by atoms with Crippen LogP contribution in [0.2, 0.25) is 0 Å². The van der Waals surface area contributed by atoms with Gasteiger partial charge in [-0.05, 0) is 36.5 Å². The van der Waals surface area contributed by atoms with E-state index in [4.69, 9.17) is 10.5 Å². The number of rotatable bonds is 5. The maximum absolute atomic E-state index is 6.32. The Morgan fingerprint density at radius 1 is 1.29 bits per heavy atom. The number of benzene rings is 1. The first-order valence-corrected chi connectivity index (χ1v) is 8.39. The Bertz CT molecular complexity index is 674. The number of hydrogen-bond acceptors (Lipinski definition) is 6. The van der Waals surface area contributed by atoms with Crippen LogP contribution in [0, 0.1) is 5.92 Å². The van der Waals surface area contributed by atoms with E-state index in [1.54, 1.807) is 13.4 Å². The maximum atomic E-state index is 6.32. The summed E-state index contributed by atoms with van der Waals surface area (Å²) in [4.78, 5) is 11.0. The van der Waals surface area contributed by atoms with Crippen LogP contribution in [0.5, 0.6) is 5.75 Å². The Morgan fingerprint density at radius 3 is 2.79 bits per heavy atom. The molecule has 1 unspecified atom stereocenters. The molecule has 6 heteroatoms. The third-order valence-corrected chi connectivity index (χ3v) is 4.44. The third-order valence-electron chi connectivity index (χ3n) is 4.44. The lowest BCUT2D eigenvalue weighted by Gasteiger charge is -2.32. The highest BCUT2D eigenvalue weighted by molar-refractivity contribution is 5.75. The summed E-state index contributed by atoms with van der Waals surface area (Å²) in [5.41, 5.74) is 8.09. The summed E-state index contributed by atoms with van der Waals surface area (Å²) < 4.78 is 5.18. The van der Waals surface area contributed by atoms with Gasteiger partial charge >= 0.3 is 0 Å². The van der Waals surface area contributed by atoms with Gasteiger partial charge in [-0.3, -0.25) is 0 Å². The second-order valence-electron chi connectivity index (χ2n) is 6.35. The van der Waals surface area contributed by atoms with Gasteiger partial charge in [0, 0.05) is 19.6 Å². The molecular weight excluding hydrogens is 302 g/mol. The van der Waals surface area contributed by atoms with Gasteiger partial charge in [0.2, 0.25) is 0 Å². The molecule has 24 heavy (non-hydrogen) atoms. The van der Waals surface area contributed by atoms with Crippen molar-refractivity contribution in [2.45, 2.75) is 26.3 Å². The van der Waals surface area contributed by atoms with Crippen molar-refractivity contribution in [2.75, 3.05) is 36.1 Å². The number of nitrogens with two attached hydrogens (primary N) is 1. The molecule has 0 aliphatic carbocycles. The molecule has 2 aromatic rings. The van der Waals surface area contributed by atoms with E-state index in [2.05, 4.69) is 27.1 Å². The summed E-state index contributed by atoms with van der Waals surface area (Å²) >= 11 is 0. The molecule has 3 N–H and O–H groups in total. The Hall–Kier alpha value is -2.50. The summed E-state index contributed by atoms with van der Waals surface area (Å²) in [7, 11) is 1.66. The van der Waals surface area contributed by atoms with E-state index in [1.807, 2.05) is 24.3 Å². The number of piperidine rings is 1. The van der Waals surface area contributed by atoms with E-state index in [-0.39, 0.29) is 0 Å². The molecule has 0 amide bonds. The van der Waals surface area contributed by atoms with Crippen LogP contribution in [0.3, 0.4) is 0 Å². The lowest BCUT2D eigenvalue weighted by molar-refractivity contribution is 0.414.